The molecule has 0 aliphatic carbocycles. The van der Waals surface area contributed by atoms with Crippen LogP contribution in [-0.4, -0.2) is 39.3 Å². The Morgan fingerprint density at radius 1 is 1.48 bits per heavy atom. The second-order valence-corrected chi connectivity index (χ2v) is 4.69. The van der Waals surface area contributed by atoms with Gasteiger partial charge in [0.25, 0.3) is 5.91 Å². The number of carbonyl (C=O) groups excluding carboxylic acids is 1. The van der Waals surface area contributed by atoms with Crippen molar-refractivity contribution in [3.63, 3.8) is 0 Å². The van der Waals surface area contributed by atoms with Gasteiger partial charge in [-0.1, -0.05) is 29.8 Å². The van der Waals surface area contributed by atoms with E-state index in [9.17, 15) is 4.79 Å². The van der Waals surface area contributed by atoms with Crippen molar-refractivity contribution < 1.29 is 14.3 Å². The van der Waals surface area contributed by atoms with Gasteiger partial charge < -0.3 is 20.1 Å². The standard InChI is InChI=1S/C15H21ClN2O3/c1-3-7-18-14(19)11-21-15-12(5-4-6-13(15)16)10-17-8-9-20-2/h3-6,17H,1,7-11H2,2H3,(H,18,19). The first kappa shape index (κ1) is 17.5. The van der Waals surface area contributed by atoms with Gasteiger partial charge in [0, 0.05) is 32.3 Å². The Labute approximate surface area is 130 Å². The number of hydrogen-bond acceptors (Lipinski definition) is 4. The third kappa shape index (κ3) is 6.62. The summed E-state index contributed by atoms with van der Waals surface area (Å²) >= 11 is 6.13. The SMILES string of the molecule is C=CCNC(=O)COc1c(Cl)cccc1CNCCOC. The van der Waals surface area contributed by atoms with Crippen LogP contribution in [0, 0.1) is 0 Å². The Kier molecular flexibility index (Phi) is 8.50. The fourth-order valence-electron chi connectivity index (χ4n) is 1.63. The second kappa shape index (κ2) is 10.2. The molecule has 0 bridgehead atoms. The maximum atomic E-state index is 11.5. The Balaban J connectivity index is 2.58. The molecule has 1 aromatic carbocycles. The lowest BCUT2D eigenvalue weighted by molar-refractivity contribution is -0.122. The van der Waals surface area contributed by atoms with Crippen LogP contribution in [0.2, 0.25) is 5.02 Å². The molecule has 0 saturated carbocycles. The van der Waals surface area contributed by atoms with E-state index in [1.165, 1.54) is 0 Å². The normalized spacial score (nSPS) is 10.2. The summed E-state index contributed by atoms with van der Waals surface area (Å²) in [6.07, 6.45) is 1.61. The molecule has 0 aliphatic heterocycles. The molecule has 0 unspecified atom stereocenters. The lowest BCUT2D eigenvalue weighted by atomic mass is 10.2. The zero-order valence-corrected chi connectivity index (χ0v) is 12.9. The van der Waals surface area contributed by atoms with Crippen molar-refractivity contribution in [2.24, 2.45) is 0 Å². The number of amides is 1. The van der Waals surface area contributed by atoms with E-state index in [0.29, 0.717) is 30.5 Å². The van der Waals surface area contributed by atoms with E-state index in [1.54, 1.807) is 19.3 Å². The third-order valence-corrected chi connectivity index (χ3v) is 2.94. The zero-order chi connectivity index (χ0) is 15.5. The monoisotopic (exact) mass is 312 g/mol. The maximum Gasteiger partial charge on any atom is 0.258 e. The summed E-state index contributed by atoms with van der Waals surface area (Å²) in [4.78, 5) is 11.5. The molecule has 1 rings (SSSR count). The number of para-hydroxylation sites is 1. The molecular formula is C15H21ClN2O3. The Morgan fingerprint density at radius 2 is 2.29 bits per heavy atom. The summed E-state index contributed by atoms with van der Waals surface area (Å²) in [7, 11) is 1.65. The average molecular weight is 313 g/mol. The van der Waals surface area contributed by atoms with Gasteiger partial charge in [-0.05, 0) is 6.07 Å². The largest absolute Gasteiger partial charge is 0.482 e. The highest BCUT2D eigenvalue weighted by Crippen LogP contribution is 2.28. The van der Waals surface area contributed by atoms with Crippen LogP contribution in [0.5, 0.6) is 5.75 Å². The van der Waals surface area contributed by atoms with Crippen molar-refractivity contribution in [1.29, 1.82) is 0 Å². The molecule has 0 aliphatic rings. The number of ether oxygens (including phenoxy) is 2. The van der Waals surface area contributed by atoms with Crippen molar-refractivity contribution in [3.8, 4) is 5.75 Å². The van der Waals surface area contributed by atoms with Crippen LogP contribution in [0.4, 0.5) is 0 Å². The molecule has 5 nitrogen and oxygen atoms in total. The highest BCUT2D eigenvalue weighted by atomic mass is 35.5. The molecule has 0 radical (unpaired) electrons. The van der Waals surface area contributed by atoms with Crippen molar-refractivity contribution in [2.75, 3.05) is 33.4 Å². The van der Waals surface area contributed by atoms with E-state index in [4.69, 9.17) is 21.1 Å². The molecule has 1 amide bonds. The smallest absolute Gasteiger partial charge is 0.258 e. The minimum Gasteiger partial charge on any atom is -0.482 e. The lowest BCUT2D eigenvalue weighted by Crippen LogP contribution is -2.29. The van der Waals surface area contributed by atoms with Gasteiger partial charge in [0.05, 0.1) is 11.6 Å². The number of carbonyl (C=O) groups is 1. The summed E-state index contributed by atoms with van der Waals surface area (Å²) in [6.45, 7) is 5.81. The number of rotatable bonds is 10. The van der Waals surface area contributed by atoms with E-state index in [2.05, 4.69) is 17.2 Å². The van der Waals surface area contributed by atoms with Crippen LogP contribution in [-0.2, 0) is 16.1 Å². The molecule has 0 heterocycles. The molecule has 0 atom stereocenters. The Bertz CT molecular complexity index is 466. The van der Waals surface area contributed by atoms with Crippen LogP contribution < -0.4 is 15.4 Å². The van der Waals surface area contributed by atoms with E-state index in [-0.39, 0.29) is 12.5 Å². The molecule has 116 valence electrons. The van der Waals surface area contributed by atoms with Crippen molar-refractivity contribution in [2.45, 2.75) is 6.54 Å². The van der Waals surface area contributed by atoms with Gasteiger partial charge in [0.1, 0.15) is 5.75 Å². The van der Waals surface area contributed by atoms with Gasteiger partial charge in [-0.2, -0.15) is 0 Å². The predicted molar refractivity (Wildman–Crippen MR) is 83.7 cm³/mol. The van der Waals surface area contributed by atoms with Crippen LogP contribution >= 0.6 is 11.6 Å². The van der Waals surface area contributed by atoms with E-state index in [1.807, 2.05) is 12.1 Å². The summed E-state index contributed by atoms with van der Waals surface area (Å²) in [5.41, 5.74) is 0.898. The molecule has 1 aromatic rings. The summed E-state index contributed by atoms with van der Waals surface area (Å²) in [5.74, 6) is 0.311. The first-order valence-electron chi connectivity index (χ1n) is 6.66. The second-order valence-electron chi connectivity index (χ2n) is 4.28. The lowest BCUT2D eigenvalue weighted by Gasteiger charge is -2.13. The summed E-state index contributed by atoms with van der Waals surface area (Å²) < 4.78 is 10.5. The molecular weight excluding hydrogens is 292 g/mol. The average Bonchev–Trinajstić information content (AvgIpc) is 2.48. The topological polar surface area (TPSA) is 59.6 Å². The first-order chi connectivity index (χ1) is 10.2. The van der Waals surface area contributed by atoms with Gasteiger partial charge in [0.2, 0.25) is 0 Å². The highest BCUT2D eigenvalue weighted by molar-refractivity contribution is 6.32. The van der Waals surface area contributed by atoms with Crippen LogP contribution in [0.25, 0.3) is 0 Å². The molecule has 6 heteroatoms. The first-order valence-corrected chi connectivity index (χ1v) is 7.04. The zero-order valence-electron chi connectivity index (χ0n) is 12.2. The quantitative estimate of drug-likeness (QED) is 0.510. The van der Waals surface area contributed by atoms with Gasteiger partial charge >= 0.3 is 0 Å². The molecule has 0 saturated heterocycles. The molecule has 0 fully saturated rings. The number of methoxy groups -OCH3 is 1. The van der Waals surface area contributed by atoms with Gasteiger partial charge in [-0.15, -0.1) is 6.58 Å². The summed E-state index contributed by atoms with van der Waals surface area (Å²) in [6, 6.07) is 5.49. The highest BCUT2D eigenvalue weighted by Gasteiger charge is 2.10. The van der Waals surface area contributed by atoms with Crippen LogP contribution in [0.15, 0.2) is 30.9 Å². The van der Waals surface area contributed by atoms with E-state index in [0.717, 1.165) is 12.1 Å². The predicted octanol–water partition coefficient (Wildman–Crippen LogP) is 1.76. The molecule has 2 N–H and O–H groups in total. The number of hydrogen-bond donors (Lipinski definition) is 2. The van der Waals surface area contributed by atoms with Crippen LogP contribution in [0.3, 0.4) is 0 Å². The number of halogens is 1. The fraction of sp³-hybridized carbons (Fsp3) is 0.400. The number of nitrogens with one attached hydrogen (secondary N) is 2. The number of benzene rings is 1. The van der Waals surface area contributed by atoms with Gasteiger partial charge in [-0.3, -0.25) is 4.79 Å². The maximum absolute atomic E-state index is 11.5. The Morgan fingerprint density at radius 3 is 3.00 bits per heavy atom. The molecule has 0 spiro atoms. The molecule has 0 aromatic heterocycles. The summed E-state index contributed by atoms with van der Waals surface area (Å²) in [5, 5.41) is 6.34. The van der Waals surface area contributed by atoms with Gasteiger partial charge in [-0.25, -0.2) is 0 Å². The van der Waals surface area contributed by atoms with Gasteiger partial charge in [0.15, 0.2) is 6.61 Å². The molecule has 21 heavy (non-hydrogen) atoms. The fourth-order valence-corrected chi connectivity index (χ4v) is 1.88. The van der Waals surface area contributed by atoms with E-state index < -0.39 is 0 Å². The van der Waals surface area contributed by atoms with Crippen molar-refractivity contribution in [1.82, 2.24) is 10.6 Å². The van der Waals surface area contributed by atoms with Crippen molar-refractivity contribution in [3.05, 3.63) is 41.4 Å². The van der Waals surface area contributed by atoms with E-state index >= 15 is 0 Å². The minimum absolute atomic E-state index is 0.0807. The Hall–Kier alpha value is -1.56. The third-order valence-electron chi connectivity index (χ3n) is 2.64. The van der Waals surface area contributed by atoms with Crippen molar-refractivity contribution >= 4 is 17.5 Å². The van der Waals surface area contributed by atoms with Crippen LogP contribution in [0.1, 0.15) is 5.56 Å². The minimum atomic E-state index is -0.215.